The second-order valence-electron chi connectivity index (χ2n) is 4.27. The summed E-state index contributed by atoms with van der Waals surface area (Å²) in [6, 6.07) is 3.30. The Labute approximate surface area is 110 Å². The van der Waals surface area contributed by atoms with Gasteiger partial charge in [0.05, 0.1) is 13.2 Å². The van der Waals surface area contributed by atoms with Crippen LogP contribution >= 0.6 is 0 Å². The van der Waals surface area contributed by atoms with Crippen LogP contribution in [0, 0.1) is 0 Å². The first-order chi connectivity index (χ1) is 9.10. The number of aromatic carboxylic acids is 1. The second kappa shape index (κ2) is 5.55. The molecule has 0 saturated carbocycles. The predicted octanol–water partition coefficient (Wildman–Crippen LogP) is 0.714. The number of methoxy groups -OCH3 is 1. The van der Waals surface area contributed by atoms with Crippen molar-refractivity contribution in [2.24, 2.45) is 0 Å². The number of nitrogens with one attached hydrogen (secondary N) is 1. The van der Waals surface area contributed by atoms with Crippen LogP contribution in [-0.2, 0) is 4.74 Å². The number of hydrogen-bond acceptors (Lipinski definition) is 5. The Kier molecular flexibility index (Phi) is 3.84. The van der Waals surface area contributed by atoms with Gasteiger partial charge in [0.25, 0.3) is 0 Å². The number of hydrogen-bond donors (Lipinski definition) is 2. The molecule has 7 heteroatoms. The van der Waals surface area contributed by atoms with Gasteiger partial charge in [-0.3, -0.25) is 0 Å². The smallest absolute Gasteiger partial charge is 0.407 e. The van der Waals surface area contributed by atoms with Crippen LogP contribution in [0.2, 0.25) is 0 Å². The number of amides is 1. The van der Waals surface area contributed by atoms with Crippen molar-refractivity contribution in [3.63, 3.8) is 0 Å². The van der Waals surface area contributed by atoms with Gasteiger partial charge in [-0.15, -0.1) is 0 Å². The molecule has 19 heavy (non-hydrogen) atoms. The van der Waals surface area contributed by atoms with Gasteiger partial charge in [-0.25, -0.2) is 14.6 Å². The van der Waals surface area contributed by atoms with E-state index in [1.807, 2.05) is 4.90 Å². The zero-order valence-corrected chi connectivity index (χ0v) is 10.5. The molecule has 0 aromatic carbocycles. The number of rotatable bonds is 3. The van der Waals surface area contributed by atoms with E-state index in [0.29, 0.717) is 6.54 Å². The van der Waals surface area contributed by atoms with Gasteiger partial charge in [0.15, 0.2) is 0 Å². The molecule has 2 N–H and O–H groups in total. The van der Waals surface area contributed by atoms with Crippen LogP contribution in [0.1, 0.15) is 16.9 Å². The van der Waals surface area contributed by atoms with Crippen LogP contribution in [0.4, 0.5) is 10.5 Å². The normalized spacial score (nSPS) is 18.2. The Morgan fingerprint density at radius 3 is 3.05 bits per heavy atom. The van der Waals surface area contributed by atoms with E-state index in [4.69, 9.17) is 5.11 Å². The largest absolute Gasteiger partial charge is 0.477 e. The van der Waals surface area contributed by atoms with Crippen molar-refractivity contribution in [3.8, 4) is 0 Å². The van der Waals surface area contributed by atoms with Crippen molar-refractivity contribution in [1.29, 1.82) is 0 Å². The van der Waals surface area contributed by atoms with Crippen molar-refractivity contribution >= 4 is 17.7 Å². The van der Waals surface area contributed by atoms with Crippen molar-refractivity contribution < 1.29 is 19.4 Å². The third-order valence-corrected chi connectivity index (χ3v) is 3.02. The first kappa shape index (κ1) is 13.1. The van der Waals surface area contributed by atoms with E-state index in [0.717, 1.165) is 18.7 Å². The number of anilines is 1. The molecule has 2 heterocycles. The lowest BCUT2D eigenvalue weighted by Crippen LogP contribution is -2.37. The summed E-state index contributed by atoms with van der Waals surface area (Å²) in [5.41, 5.74) is 0.809. The van der Waals surface area contributed by atoms with E-state index in [1.165, 1.54) is 19.4 Å². The Balaban J connectivity index is 2.02. The van der Waals surface area contributed by atoms with Gasteiger partial charge in [0.1, 0.15) is 5.69 Å². The molecule has 102 valence electrons. The van der Waals surface area contributed by atoms with E-state index in [1.54, 1.807) is 6.07 Å². The summed E-state index contributed by atoms with van der Waals surface area (Å²) in [6.07, 6.45) is 1.81. The minimum Gasteiger partial charge on any atom is -0.477 e. The van der Waals surface area contributed by atoms with Gasteiger partial charge in [0, 0.05) is 25.0 Å². The molecule has 1 aromatic rings. The Morgan fingerprint density at radius 2 is 2.37 bits per heavy atom. The fourth-order valence-electron chi connectivity index (χ4n) is 2.07. The lowest BCUT2D eigenvalue weighted by atomic mass is 10.3. The fraction of sp³-hybridized carbons (Fsp3) is 0.417. The average molecular weight is 265 g/mol. The van der Waals surface area contributed by atoms with E-state index in [9.17, 15) is 9.59 Å². The standard InChI is InChI=1S/C12H15N3O4/c1-19-12(18)14-8-3-5-15(7-8)9-2-4-13-10(6-9)11(16)17/h2,4,6,8H,3,5,7H2,1H3,(H,14,18)(H,16,17). The van der Waals surface area contributed by atoms with Crippen LogP contribution in [-0.4, -0.2) is 48.4 Å². The summed E-state index contributed by atoms with van der Waals surface area (Å²) in [5, 5.41) is 11.6. The molecule has 0 radical (unpaired) electrons. The highest BCUT2D eigenvalue weighted by Crippen LogP contribution is 2.20. The van der Waals surface area contributed by atoms with Crippen LogP contribution in [0.5, 0.6) is 0 Å². The number of carbonyl (C=O) groups is 2. The summed E-state index contributed by atoms with van der Waals surface area (Å²) in [7, 11) is 1.32. The average Bonchev–Trinajstić information content (AvgIpc) is 2.87. The molecule has 7 nitrogen and oxygen atoms in total. The number of pyridine rings is 1. The zero-order chi connectivity index (χ0) is 13.8. The first-order valence-electron chi connectivity index (χ1n) is 5.89. The molecule has 0 aliphatic carbocycles. The zero-order valence-electron chi connectivity index (χ0n) is 10.5. The van der Waals surface area contributed by atoms with Crippen molar-refractivity contribution in [2.75, 3.05) is 25.1 Å². The maximum atomic E-state index is 11.1. The summed E-state index contributed by atoms with van der Waals surface area (Å²) >= 11 is 0. The van der Waals surface area contributed by atoms with E-state index in [2.05, 4.69) is 15.0 Å². The Morgan fingerprint density at radius 1 is 1.58 bits per heavy atom. The number of carboxylic acid groups (broad SMARTS) is 1. The van der Waals surface area contributed by atoms with Crippen molar-refractivity contribution in [2.45, 2.75) is 12.5 Å². The van der Waals surface area contributed by atoms with Crippen LogP contribution in [0.15, 0.2) is 18.3 Å². The molecule has 1 atom stereocenters. The lowest BCUT2D eigenvalue weighted by Gasteiger charge is -2.18. The quantitative estimate of drug-likeness (QED) is 0.836. The van der Waals surface area contributed by atoms with Crippen LogP contribution in [0.3, 0.4) is 0 Å². The molecule has 1 fully saturated rings. The predicted molar refractivity (Wildman–Crippen MR) is 67.4 cm³/mol. The summed E-state index contributed by atoms with van der Waals surface area (Å²) < 4.78 is 4.55. The SMILES string of the molecule is COC(=O)NC1CCN(c2ccnc(C(=O)O)c2)C1. The number of carboxylic acids is 1. The highest BCUT2D eigenvalue weighted by atomic mass is 16.5. The van der Waals surface area contributed by atoms with Gasteiger partial charge in [-0.2, -0.15) is 0 Å². The van der Waals surface area contributed by atoms with Crippen molar-refractivity contribution in [3.05, 3.63) is 24.0 Å². The van der Waals surface area contributed by atoms with Gasteiger partial charge in [-0.1, -0.05) is 0 Å². The molecular formula is C12H15N3O4. The summed E-state index contributed by atoms with van der Waals surface area (Å²) in [4.78, 5) is 27.8. The third kappa shape index (κ3) is 3.12. The minimum atomic E-state index is -1.05. The number of ether oxygens (including phenoxy) is 1. The van der Waals surface area contributed by atoms with E-state index >= 15 is 0 Å². The highest BCUT2D eigenvalue weighted by molar-refractivity contribution is 5.86. The Bertz CT molecular complexity index is 492. The Hall–Kier alpha value is -2.31. The first-order valence-corrected chi connectivity index (χ1v) is 5.89. The van der Waals surface area contributed by atoms with E-state index in [-0.39, 0.29) is 11.7 Å². The molecule has 1 unspecified atom stereocenters. The molecular weight excluding hydrogens is 250 g/mol. The molecule has 1 saturated heterocycles. The van der Waals surface area contributed by atoms with E-state index < -0.39 is 12.1 Å². The highest BCUT2D eigenvalue weighted by Gasteiger charge is 2.24. The number of carbonyl (C=O) groups excluding carboxylic acids is 1. The van der Waals surface area contributed by atoms with Gasteiger partial charge >= 0.3 is 12.1 Å². The lowest BCUT2D eigenvalue weighted by molar-refractivity contribution is 0.0690. The molecule has 0 spiro atoms. The minimum absolute atomic E-state index is 0.00823. The van der Waals surface area contributed by atoms with Crippen molar-refractivity contribution in [1.82, 2.24) is 10.3 Å². The number of alkyl carbamates (subject to hydrolysis) is 1. The van der Waals surface area contributed by atoms with Crippen LogP contribution < -0.4 is 10.2 Å². The maximum Gasteiger partial charge on any atom is 0.407 e. The third-order valence-electron chi connectivity index (χ3n) is 3.02. The second-order valence-corrected chi connectivity index (χ2v) is 4.27. The number of nitrogens with zero attached hydrogens (tertiary/aromatic N) is 2. The molecule has 0 bridgehead atoms. The maximum absolute atomic E-state index is 11.1. The number of aromatic nitrogens is 1. The van der Waals surface area contributed by atoms with Gasteiger partial charge in [0.2, 0.25) is 0 Å². The summed E-state index contributed by atoms with van der Waals surface area (Å²) in [6.45, 7) is 1.37. The van der Waals surface area contributed by atoms with Crippen LogP contribution in [0.25, 0.3) is 0 Å². The molecule has 2 rings (SSSR count). The molecule has 1 aliphatic rings. The molecule has 1 aromatic heterocycles. The topological polar surface area (TPSA) is 91.8 Å². The fourth-order valence-corrected chi connectivity index (χ4v) is 2.07. The van der Waals surface area contributed by atoms with Gasteiger partial charge < -0.3 is 20.1 Å². The molecule has 1 amide bonds. The monoisotopic (exact) mass is 265 g/mol. The summed E-state index contributed by atoms with van der Waals surface area (Å²) in [5.74, 6) is -1.05. The molecule has 1 aliphatic heterocycles. The van der Waals surface area contributed by atoms with Gasteiger partial charge in [-0.05, 0) is 18.6 Å².